The van der Waals surface area contributed by atoms with E-state index >= 15 is 4.79 Å². The quantitative estimate of drug-likeness (QED) is 0.366. The van der Waals surface area contributed by atoms with Gasteiger partial charge in [-0.15, -0.1) is 0 Å². The van der Waals surface area contributed by atoms with Gasteiger partial charge in [0.15, 0.2) is 0 Å². The first-order valence-electron chi connectivity index (χ1n) is 15.9. The Bertz CT molecular complexity index is 1550. The minimum Gasteiger partial charge on any atom is -0.393 e. The summed E-state index contributed by atoms with van der Waals surface area (Å²) in [6.45, 7) is 5.28. The number of para-hydroxylation sites is 1. The van der Waals surface area contributed by atoms with E-state index in [1.807, 2.05) is 43.4 Å². The number of likely N-dealkylation sites (tertiary alicyclic amines) is 1. The third kappa shape index (κ3) is 3.08. The summed E-state index contributed by atoms with van der Waals surface area (Å²) in [5, 5.41) is 14.4. The van der Waals surface area contributed by atoms with Crippen LogP contribution in [0.3, 0.4) is 0 Å². The van der Waals surface area contributed by atoms with Gasteiger partial charge >= 0.3 is 0 Å². The van der Waals surface area contributed by atoms with Crippen molar-refractivity contribution in [2.45, 2.75) is 76.4 Å². The lowest BCUT2D eigenvalue weighted by molar-refractivity contribution is -0.148. The van der Waals surface area contributed by atoms with Crippen LogP contribution in [0.25, 0.3) is 0 Å². The van der Waals surface area contributed by atoms with Gasteiger partial charge in [-0.1, -0.05) is 67.4 Å². The van der Waals surface area contributed by atoms with Crippen LogP contribution in [0, 0.1) is 34.0 Å². The summed E-state index contributed by atoms with van der Waals surface area (Å²) < 4.78 is 0. The number of hydrogen-bond acceptors (Lipinski definition) is 4. The Labute approximate surface area is 253 Å². The van der Waals surface area contributed by atoms with Gasteiger partial charge in [0.05, 0.1) is 11.5 Å². The summed E-state index contributed by atoms with van der Waals surface area (Å²) in [6, 6.07) is 16.0. The standard InChI is InChI=1S/C36H41ClN2O3/c1-33-15-13-24(40)18-22(33)11-12-25-26(33)14-16-34(2)28(25)19-35(31(34)41)29(21-7-6-8-23(37)17-21)20-39(3)36(35)27-9-4-5-10-30(27)38-32(36)42/h4-11,17,24-26,28-29,40H,12-16,18-20H2,1-3H3,(H,38,42)/t24-,25+,26-,28-,29-,33-,34-,35+,36+/m0/s1. The number of fused-ring (bicyclic) bond motifs is 8. The van der Waals surface area contributed by atoms with Crippen molar-refractivity contribution in [3.8, 4) is 0 Å². The predicted octanol–water partition coefficient (Wildman–Crippen LogP) is 6.71. The third-order valence-corrected chi connectivity index (χ3v) is 13.6. The molecule has 2 N–H and O–H groups in total. The Morgan fingerprint density at radius 1 is 1.00 bits per heavy atom. The summed E-state index contributed by atoms with van der Waals surface area (Å²) in [4.78, 5) is 32.3. The number of allylic oxidation sites excluding steroid dienone is 1. The molecule has 0 radical (unpaired) electrons. The van der Waals surface area contributed by atoms with E-state index in [1.165, 1.54) is 5.57 Å². The number of likely N-dealkylation sites (N-methyl/N-ethyl adjacent to an activating group) is 1. The van der Waals surface area contributed by atoms with Gasteiger partial charge in [0.25, 0.3) is 5.91 Å². The molecule has 3 saturated carbocycles. The van der Waals surface area contributed by atoms with Crippen LogP contribution in [0.15, 0.2) is 60.2 Å². The summed E-state index contributed by atoms with van der Waals surface area (Å²) in [6.07, 6.45) is 8.38. The maximum absolute atomic E-state index is 15.6. The van der Waals surface area contributed by atoms with E-state index in [4.69, 9.17) is 11.6 Å². The van der Waals surface area contributed by atoms with E-state index in [0.717, 1.165) is 55.3 Å². The Morgan fingerprint density at radius 2 is 1.79 bits per heavy atom. The number of Topliss-reactive ketones (excluding diaryl/α,β-unsaturated/α-hetero) is 1. The van der Waals surface area contributed by atoms with Gasteiger partial charge in [-0.3, -0.25) is 14.5 Å². The van der Waals surface area contributed by atoms with Gasteiger partial charge in [0.1, 0.15) is 11.3 Å². The number of nitrogens with zero attached hydrogens (tertiary/aromatic N) is 1. The van der Waals surface area contributed by atoms with Gasteiger partial charge in [0.2, 0.25) is 0 Å². The average Bonchev–Trinajstić information content (AvgIpc) is 3.51. The molecule has 2 aromatic carbocycles. The van der Waals surface area contributed by atoms with E-state index in [0.29, 0.717) is 29.8 Å². The number of anilines is 1. The van der Waals surface area contributed by atoms with Crippen molar-refractivity contribution < 1.29 is 14.7 Å². The van der Waals surface area contributed by atoms with Crippen LogP contribution in [0.4, 0.5) is 5.69 Å². The molecule has 220 valence electrons. The molecule has 0 unspecified atom stereocenters. The van der Waals surface area contributed by atoms with Gasteiger partial charge in [-0.25, -0.2) is 0 Å². The second kappa shape index (κ2) is 8.80. The van der Waals surface area contributed by atoms with E-state index in [2.05, 4.69) is 42.3 Å². The first kappa shape index (κ1) is 27.1. The molecule has 6 heteroatoms. The van der Waals surface area contributed by atoms with Gasteiger partial charge in [-0.2, -0.15) is 0 Å². The van der Waals surface area contributed by atoms with E-state index in [-0.39, 0.29) is 35.0 Å². The molecule has 2 aromatic rings. The predicted molar refractivity (Wildman–Crippen MR) is 164 cm³/mol. The van der Waals surface area contributed by atoms with Gasteiger partial charge in [0, 0.05) is 34.2 Å². The molecule has 8 rings (SSSR count). The highest BCUT2D eigenvalue weighted by atomic mass is 35.5. The molecule has 4 fully saturated rings. The summed E-state index contributed by atoms with van der Waals surface area (Å²) in [5.74, 6) is 1.13. The molecule has 2 heterocycles. The van der Waals surface area contributed by atoms with E-state index in [9.17, 15) is 9.90 Å². The molecule has 1 amide bonds. The summed E-state index contributed by atoms with van der Waals surface area (Å²) in [5.41, 5.74) is 1.85. The van der Waals surface area contributed by atoms with Crippen LogP contribution >= 0.6 is 11.6 Å². The lowest BCUT2D eigenvalue weighted by Gasteiger charge is -2.56. The minimum atomic E-state index is -1.07. The Kier molecular flexibility index (Phi) is 5.68. The molecule has 1 saturated heterocycles. The zero-order valence-electron chi connectivity index (χ0n) is 24.8. The molecule has 0 aromatic heterocycles. The normalized spacial score (nSPS) is 44.0. The molecule has 5 nitrogen and oxygen atoms in total. The lowest BCUT2D eigenvalue weighted by atomic mass is 9.48. The van der Waals surface area contributed by atoms with Crippen LogP contribution in [0.2, 0.25) is 5.02 Å². The van der Waals surface area contributed by atoms with Crippen LogP contribution < -0.4 is 5.32 Å². The first-order valence-corrected chi connectivity index (χ1v) is 16.3. The van der Waals surface area contributed by atoms with Crippen LogP contribution in [-0.4, -0.2) is 41.4 Å². The second-order valence-electron chi connectivity index (χ2n) is 14.8. The number of halogens is 1. The zero-order valence-corrected chi connectivity index (χ0v) is 25.6. The topological polar surface area (TPSA) is 69.6 Å². The van der Waals surface area contributed by atoms with Crippen LogP contribution in [0.5, 0.6) is 0 Å². The molecule has 2 aliphatic heterocycles. The number of carbonyl (C=O) groups is 2. The number of nitrogens with one attached hydrogen (secondary N) is 1. The van der Waals surface area contributed by atoms with Crippen molar-refractivity contribution in [1.82, 2.24) is 4.90 Å². The SMILES string of the molecule is CN1C[C@@H](c2cccc(Cl)c2)[C@@]2(C[C@H]3[C@@H]4CC=C5C[C@@H](O)CC[C@]5(C)[C@H]4CC[C@]3(C)C2=O)[C@@]12C(=O)Nc1ccccc12. The number of aliphatic hydroxyl groups is 1. The average molecular weight is 585 g/mol. The second-order valence-corrected chi connectivity index (χ2v) is 15.3. The molecular weight excluding hydrogens is 544 g/mol. The number of amides is 1. The summed E-state index contributed by atoms with van der Waals surface area (Å²) >= 11 is 6.58. The fourth-order valence-electron chi connectivity index (χ4n) is 11.5. The summed E-state index contributed by atoms with van der Waals surface area (Å²) in [7, 11) is 2.04. The third-order valence-electron chi connectivity index (χ3n) is 13.3. The zero-order chi connectivity index (χ0) is 29.2. The number of hydrogen-bond donors (Lipinski definition) is 2. The Hall–Kier alpha value is -2.47. The molecular formula is C36H41ClN2O3. The molecule has 2 spiro atoms. The molecule has 4 aliphatic carbocycles. The van der Waals surface area contributed by atoms with Crippen molar-refractivity contribution >= 4 is 29.0 Å². The monoisotopic (exact) mass is 584 g/mol. The Balaban J connectivity index is 1.33. The van der Waals surface area contributed by atoms with Crippen molar-refractivity contribution in [2.24, 2.45) is 34.0 Å². The van der Waals surface area contributed by atoms with E-state index < -0.39 is 16.4 Å². The molecule has 0 bridgehead atoms. The fraction of sp³-hybridized carbons (Fsp3) is 0.556. The van der Waals surface area contributed by atoms with Crippen LogP contribution in [-0.2, 0) is 15.1 Å². The lowest BCUT2D eigenvalue weighted by Crippen LogP contribution is -2.58. The number of aliphatic hydroxyl groups excluding tert-OH is 1. The number of carbonyl (C=O) groups excluding carboxylic acids is 2. The highest BCUT2D eigenvalue weighted by Crippen LogP contribution is 2.75. The van der Waals surface area contributed by atoms with Crippen LogP contribution in [0.1, 0.15) is 75.8 Å². The fourth-order valence-corrected chi connectivity index (χ4v) is 11.7. The number of ketones is 1. The van der Waals surface area contributed by atoms with Gasteiger partial charge < -0.3 is 10.4 Å². The molecule has 42 heavy (non-hydrogen) atoms. The maximum Gasteiger partial charge on any atom is 0.250 e. The maximum atomic E-state index is 15.6. The van der Waals surface area contributed by atoms with Crippen molar-refractivity contribution in [3.63, 3.8) is 0 Å². The number of benzene rings is 2. The van der Waals surface area contributed by atoms with Crippen molar-refractivity contribution in [1.29, 1.82) is 0 Å². The van der Waals surface area contributed by atoms with Gasteiger partial charge in [-0.05, 0) is 98.9 Å². The highest BCUT2D eigenvalue weighted by molar-refractivity contribution is 6.30. The minimum absolute atomic E-state index is 0.0677. The van der Waals surface area contributed by atoms with Crippen molar-refractivity contribution in [2.75, 3.05) is 18.9 Å². The Morgan fingerprint density at radius 3 is 2.60 bits per heavy atom. The highest BCUT2D eigenvalue weighted by Gasteiger charge is 2.80. The first-order chi connectivity index (χ1) is 20.1. The van der Waals surface area contributed by atoms with E-state index in [1.54, 1.807) is 0 Å². The number of rotatable bonds is 1. The largest absolute Gasteiger partial charge is 0.393 e. The molecule has 9 atom stereocenters. The van der Waals surface area contributed by atoms with Crippen molar-refractivity contribution in [3.05, 3.63) is 76.3 Å². The molecule has 6 aliphatic rings. The smallest absolute Gasteiger partial charge is 0.250 e.